The molecular weight excluding hydrogens is 236 g/mol. The first-order valence-corrected chi connectivity index (χ1v) is 7.14. The van der Waals surface area contributed by atoms with E-state index in [1.165, 1.54) is 12.8 Å². The molecule has 3 rings (SSSR count). The van der Waals surface area contributed by atoms with Crippen molar-refractivity contribution >= 4 is 16.8 Å². The average molecular weight is 256 g/mol. The summed E-state index contributed by atoms with van der Waals surface area (Å²) in [5, 5.41) is 1.10. The molecule has 1 unspecified atom stereocenters. The molecule has 0 aliphatic carbocycles. The Morgan fingerprint density at radius 1 is 1.26 bits per heavy atom. The van der Waals surface area contributed by atoms with Crippen molar-refractivity contribution in [2.75, 3.05) is 6.54 Å². The van der Waals surface area contributed by atoms with Crippen LogP contribution in [0.5, 0.6) is 0 Å². The van der Waals surface area contributed by atoms with Gasteiger partial charge in [0.2, 0.25) is 0 Å². The number of carbonyl (C=O) groups is 1. The van der Waals surface area contributed by atoms with Crippen LogP contribution in [-0.4, -0.2) is 28.4 Å². The molecule has 1 aromatic carbocycles. The van der Waals surface area contributed by atoms with Crippen LogP contribution in [-0.2, 0) is 0 Å². The minimum atomic E-state index is 0.169. The van der Waals surface area contributed by atoms with E-state index in [1.54, 1.807) is 0 Å². The molecule has 19 heavy (non-hydrogen) atoms. The highest BCUT2D eigenvalue weighted by Crippen LogP contribution is 2.23. The van der Waals surface area contributed by atoms with Gasteiger partial charge in [-0.05, 0) is 31.9 Å². The van der Waals surface area contributed by atoms with Crippen molar-refractivity contribution in [1.82, 2.24) is 9.88 Å². The van der Waals surface area contributed by atoms with E-state index in [9.17, 15) is 4.79 Å². The van der Waals surface area contributed by atoms with Crippen LogP contribution in [0.25, 0.3) is 10.9 Å². The second-order valence-corrected chi connectivity index (χ2v) is 5.44. The van der Waals surface area contributed by atoms with Gasteiger partial charge in [0.05, 0.1) is 11.1 Å². The summed E-state index contributed by atoms with van der Waals surface area (Å²) in [5.41, 5.74) is 1.76. The van der Waals surface area contributed by atoms with E-state index in [1.807, 2.05) is 35.4 Å². The zero-order valence-electron chi connectivity index (χ0n) is 11.4. The normalized spacial score (nSPS) is 20.5. The van der Waals surface area contributed by atoms with E-state index in [-0.39, 0.29) is 5.91 Å². The van der Waals surface area contributed by atoms with Crippen molar-refractivity contribution in [2.24, 2.45) is 0 Å². The Labute approximate surface area is 113 Å². The van der Waals surface area contributed by atoms with Crippen LogP contribution in [0.3, 0.4) is 0 Å². The minimum Gasteiger partial charge on any atom is -0.361 e. The van der Waals surface area contributed by atoms with Gasteiger partial charge in [0.1, 0.15) is 0 Å². The molecule has 1 N–H and O–H groups in total. The van der Waals surface area contributed by atoms with Crippen LogP contribution in [0, 0.1) is 0 Å². The number of aromatic nitrogens is 1. The number of benzene rings is 1. The molecule has 1 aliphatic heterocycles. The first-order valence-electron chi connectivity index (χ1n) is 7.14. The zero-order chi connectivity index (χ0) is 13.2. The highest BCUT2D eigenvalue weighted by Gasteiger charge is 2.24. The van der Waals surface area contributed by atoms with Gasteiger partial charge in [-0.3, -0.25) is 4.79 Å². The summed E-state index contributed by atoms with van der Waals surface area (Å²) in [6.07, 6.45) is 6.61. The number of H-pyrrole nitrogens is 1. The van der Waals surface area contributed by atoms with Crippen LogP contribution in [0.15, 0.2) is 30.5 Å². The Kier molecular flexibility index (Phi) is 3.28. The predicted molar refractivity (Wildman–Crippen MR) is 77.3 cm³/mol. The molecule has 2 heterocycles. The second kappa shape index (κ2) is 5.08. The molecule has 100 valence electrons. The second-order valence-electron chi connectivity index (χ2n) is 5.44. The van der Waals surface area contributed by atoms with Crippen molar-refractivity contribution in [3.05, 3.63) is 36.0 Å². The Hall–Kier alpha value is -1.77. The summed E-state index contributed by atoms with van der Waals surface area (Å²) in [6, 6.07) is 8.29. The highest BCUT2D eigenvalue weighted by molar-refractivity contribution is 6.05. The smallest absolute Gasteiger partial charge is 0.256 e. The Bertz CT molecular complexity index is 587. The largest absolute Gasteiger partial charge is 0.361 e. The lowest BCUT2D eigenvalue weighted by Crippen LogP contribution is -2.38. The molecule has 0 radical (unpaired) electrons. The summed E-state index contributed by atoms with van der Waals surface area (Å²) >= 11 is 0. The molecule has 3 heteroatoms. The molecule has 0 saturated carbocycles. The summed E-state index contributed by atoms with van der Waals surface area (Å²) in [7, 11) is 0. The van der Waals surface area contributed by atoms with Crippen LogP contribution in [0.4, 0.5) is 0 Å². The first kappa shape index (κ1) is 12.3. The third-order valence-corrected chi connectivity index (χ3v) is 4.13. The van der Waals surface area contributed by atoms with Gasteiger partial charge in [0.15, 0.2) is 0 Å². The van der Waals surface area contributed by atoms with Crippen LogP contribution >= 0.6 is 0 Å². The zero-order valence-corrected chi connectivity index (χ0v) is 11.4. The number of nitrogens with zero attached hydrogens (tertiary/aromatic N) is 1. The van der Waals surface area contributed by atoms with Crippen molar-refractivity contribution < 1.29 is 4.79 Å². The third kappa shape index (κ3) is 2.25. The maximum Gasteiger partial charge on any atom is 0.256 e. The van der Waals surface area contributed by atoms with E-state index >= 15 is 0 Å². The van der Waals surface area contributed by atoms with E-state index in [0.717, 1.165) is 35.9 Å². The topological polar surface area (TPSA) is 36.1 Å². The number of carbonyl (C=O) groups excluding carboxylic acids is 1. The molecule has 1 fully saturated rings. The standard InChI is InChI=1S/C16H20N2O/c1-12-6-3-2-4-11-18(12)16(19)14-8-5-7-13-9-10-17-15(13)14/h5,7-10,12,17H,2-4,6,11H2,1H3. The quantitative estimate of drug-likeness (QED) is 0.832. The number of hydrogen-bond acceptors (Lipinski definition) is 1. The fourth-order valence-corrected chi connectivity index (χ4v) is 2.99. The van der Waals surface area contributed by atoms with E-state index < -0.39 is 0 Å². The maximum absolute atomic E-state index is 12.8. The van der Waals surface area contributed by atoms with E-state index in [4.69, 9.17) is 0 Å². The number of nitrogens with one attached hydrogen (secondary N) is 1. The van der Waals surface area contributed by atoms with Crippen LogP contribution < -0.4 is 0 Å². The number of amides is 1. The molecule has 1 aromatic heterocycles. The lowest BCUT2D eigenvalue weighted by atomic mass is 10.1. The fraction of sp³-hybridized carbons (Fsp3) is 0.438. The Morgan fingerprint density at radius 2 is 2.16 bits per heavy atom. The van der Waals surface area contributed by atoms with Gasteiger partial charge in [-0.1, -0.05) is 25.0 Å². The average Bonchev–Trinajstić information content (AvgIpc) is 2.80. The molecule has 2 aromatic rings. The third-order valence-electron chi connectivity index (χ3n) is 4.13. The van der Waals surface area contributed by atoms with Crippen molar-refractivity contribution in [3.63, 3.8) is 0 Å². The number of aromatic amines is 1. The van der Waals surface area contributed by atoms with Crippen LogP contribution in [0.1, 0.15) is 43.0 Å². The predicted octanol–water partition coefficient (Wildman–Crippen LogP) is 3.57. The van der Waals surface area contributed by atoms with E-state index in [0.29, 0.717) is 6.04 Å². The maximum atomic E-state index is 12.8. The number of fused-ring (bicyclic) bond motifs is 1. The Balaban J connectivity index is 1.96. The van der Waals surface area contributed by atoms with Crippen LogP contribution in [0.2, 0.25) is 0 Å². The van der Waals surface area contributed by atoms with Gasteiger partial charge < -0.3 is 9.88 Å². The minimum absolute atomic E-state index is 0.169. The van der Waals surface area contributed by atoms with Crippen molar-refractivity contribution in [2.45, 2.75) is 38.6 Å². The molecule has 0 bridgehead atoms. The van der Waals surface area contributed by atoms with Crippen molar-refractivity contribution in [1.29, 1.82) is 0 Å². The molecule has 0 spiro atoms. The number of likely N-dealkylation sites (tertiary alicyclic amines) is 1. The molecule has 1 amide bonds. The number of rotatable bonds is 1. The van der Waals surface area contributed by atoms with Gasteiger partial charge in [-0.25, -0.2) is 0 Å². The van der Waals surface area contributed by atoms with Gasteiger partial charge in [-0.15, -0.1) is 0 Å². The van der Waals surface area contributed by atoms with E-state index in [2.05, 4.69) is 11.9 Å². The van der Waals surface area contributed by atoms with Gasteiger partial charge in [0.25, 0.3) is 5.91 Å². The van der Waals surface area contributed by atoms with Gasteiger partial charge in [-0.2, -0.15) is 0 Å². The first-order chi connectivity index (χ1) is 9.27. The van der Waals surface area contributed by atoms with Gasteiger partial charge >= 0.3 is 0 Å². The lowest BCUT2D eigenvalue weighted by molar-refractivity contribution is 0.0700. The summed E-state index contributed by atoms with van der Waals surface area (Å²) < 4.78 is 0. The number of para-hydroxylation sites is 1. The highest BCUT2D eigenvalue weighted by atomic mass is 16.2. The SMILES string of the molecule is CC1CCCCCN1C(=O)c1cccc2cc[nH]c12. The molecule has 1 aliphatic rings. The summed E-state index contributed by atoms with van der Waals surface area (Å²) in [6.45, 7) is 3.05. The fourth-order valence-electron chi connectivity index (χ4n) is 2.99. The molecule has 3 nitrogen and oxygen atoms in total. The molecule has 1 saturated heterocycles. The summed E-state index contributed by atoms with van der Waals surface area (Å²) in [4.78, 5) is 18.0. The van der Waals surface area contributed by atoms with Gasteiger partial charge in [0, 0.05) is 24.2 Å². The summed E-state index contributed by atoms with van der Waals surface area (Å²) in [5.74, 6) is 0.169. The molecule has 1 atom stereocenters. The lowest BCUT2D eigenvalue weighted by Gasteiger charge is -2.27. The molecular formula is C16H20N2O. The number of hydrogen-bond donors (Lipinski definition) is 1. The Morgan fingerprint density at radius 3 is 3.05 bits per heavy atom. The van der Waals surface area contributed by atoms with Crippen molar-refractivity contribution in [3.8, 4) is 0 Å². The monoisotopic (exact) mass is 256 g/mol.